The van der Waals surface area contributed by atoms with E-state index in [2.05, 4.69) is 4.98 Å². The smallest absolute Gasteiger partial charge is 0.123 e. The van der Waals surface area contributed by atoms with E-state index in [9.17, 15) is 4.39 Å². The van der Waals surface area contributed by atoms with Crippen LogP contribution in [-0.4, -0.2) is 11.0 Å². The Morgan fingerprint density at radius 3 is 2.89 bits per heavy atom. The van der Waals surface area contributed by atoms with Crippen LogP contribution < -0.4 is 5.73 Å². The Bertz CT molecular complexity index is 542. The van der Waals surface area contributed by atoms with Crippen molar-refractivity contribution in [2.45, 2.75) is 25.8 Å². The molecular weight excluding hydrogens is 271 g/mol. The van der Waals surface area contributed by atoms with Gasteiger partial charge < -0.3 is 5.73 Å². The molecule has 0 aliphatic carbocycles. The zero-order valence-electron chi connectivity index (χ0n) is 9.99. The maximum absolute atomic E-state index is 13.1. The highest BCUT2D eigenvalue weighted by atomic mass is 35.5. The minimum Gasteiger partial charge on any atom is -0.327 e. The van der Waals surface area contributed by atoms with Crippen molar-refractivity contribution in [1.29, 1.82) is 0 Å². The van der Waals surface area contributed by atoms with Crippen molar-refractivity contribution in [3.05, 3.63) is 50.7 Å². The molecule has 0 bridgehead atoms. The second kappa shape index (κ2) is 5.78. The van der Waals surface area contributed by atoms with E-state index in [1.54, 1.807) is 17.4 Å². The van der Waals surface area contributed by atoms with Crippen LogP contribution in [0.25, 0.3) is 0 Å². The van der Waals surface area contributed by atoms with Gasteiger partial charge in [-0.2, -0.15) is 0 Å². The molecule has 0 aliphatic rings. The number of nitrogens with two attached hydrogens (primary N) is 1. The number of benzene rings is 1. The van der Waals surface area contributed by atoms with E-state index >= 15 is 0 Å². The van der Waals surface area contributed by atoms with Crippen LogP contribution in [-0.2, 0) is 12.8 Å². The molecule has 0 radical (unpaired) electrons. The highest BCUT2D eigenvalue weighted by Gasteiger charge is 2.10. The summed E-state index contributed by atoms with van der Waals surface area (Å²) in [5.41, 5.74) is 7.78. The van der Waals surface area contributed by atoms with Crippen molar-refractivity contribution in [3.8, 4) is 0 Å². The SMILES string of the molecule is Cc1nc(CC(N)Cc2cc(F)ccc2Cl)cs1. The summed E-state index contributed by atoms with van der Waals surface area (Å²) in [6, 6.07) is 4.24. The summed E-state index contributed by atoms with van der Waals surface area (Å²) in [7, 11) is 0. The van der Waals surface area contributed by atoms with Crippen LogP contribution in [0, 0.1) is 12.7 Å². The van der Waals surface area contributed by atoms with Crippen LogP contribution in [0.5, 0.6) is 0 Å². The Morgan fingerprint density at radius 1 is 1.44 bits per heavy atom. The topological polar surface area (TPSA) is 38.9 Å². The van der Waals surface area contributed by atoms with E-state index in [0.29, 0.717) is 17.9 Å². The summed E-state index contributed by atoms with van der Waals surface area (Å²) in [4.78, 5) is 4.36. The second-order valence-corrected chi connectivity index (χ2v) is 5.73. The molecule has 1 atom stereocenters. The van der Waals surface area contributed by atoms with Gasteiger partial charge >= 0.3 is 0 Å². The lowest BCUT2D eigenvalue weighted by molar-refractivity contribution is 0.617. The highest BCUT2D eigenvalue weighted by Crippen LogP contribution is 2.19. The van der Waals surface area contributed by atoms with Gasteiger partial charge in [0, 0.05) is 22.9 Å². The largest absolute Gasteiger partial charge is 0.327 e. The highest BCUT2D eigenvalue weighted by molar-refractivity contribution is 7.09. The number of halogens is 2. The average Bonchev–Trinajstić information content (AvgIpc) is 2.69. The first-order valence-electron chi connectivity index (χ1n) is 5.65. The Kier molecular flexibility index (Phi) is 4.32. The summed E-state index contributed by atoms with van der Waals surface area (Å²) in [6.45, 7) is 1.96. The van der Waals surface area contributed by atoms with Crippen molar-refractivity contribution in [2.75, 3.05) is 0 Å². The molecule has 5 heteroatoms. The Hall–Kier alpha value is -0.970. The lowest BCUT2D eigenvalue weighted by Gasteiger charge is -2.11. The Labute approximate surface area is 115 Å². The number of nitrogens with zero attached hydrogens (tertiary/aromatic N) is 1. The van der Waals surface area contributed by atoms with Crippen molar-refractivity contribution in [1.82, 2.24) is 4.98 Å². The molecule has 0 fully saturated rings. The number of hydrogen-bond acceptors (Lipinski definition) is 3. The molecule has 0 amide bonds. The minimum atomic E-state index is -0.286. The van der Waals surface area contributed by atoms with Gasteiger partial charge in [-0.15, -0.1) is 11.3 Å². The molecule has 18 heavy (non-hydrogen) atoms. The van der Waals surface area contributed by atoms with E-state index in [1.807, 2.05) is 12.3 Å². The zero-order valence-corrected chi connectivity index (χ0v) is 11.6. The van der Waals surface area contributed by atoms with Crippen molar-refractivity contribution >= 4 is 22.9 Å². The third-order valence-corrected chi connectivity index (χ3v) is 3.82. The van der Waals surface area contributed by atoms with E-state index in [4.69, 9.17) is 17.3 Å². The van der Waals surface area contributed by atoms with Gasteiger partial charge in [0.15, 0.2) is 0 Å². The van der Waals surface area contributed by atoms with Gasteiger partial charge in [-0.1, -0.05) is 11.6 Å². The summed E-state index contributed by atoms with van der Waals surface area (Å²) in [5.74, 6) is -0.286. The normalized spacial score (nSPS) is 12.7. The minimum absolute atomic E-state index is 0.106. The maximum atomic E-state index is 13.1. The first kappa shape index (κ1) is 13.5. The predicted octanol–water partition coefficient (Wildman–Crippen LogP) is 3.36. The predicted molar refractivity (Wildman–Crippen MR) is 73.6 cm³/mol. The number of aromatic nitrogens is 1. The average molecular weight is 285 g/mol. The van der Waals surface area contributed by atoms with Gasteiger partial charge in [0.05, 0.1) is 10.7 Å². The molecule has 0 saturated heterocycles. The molecule has 1 unspecified atom stereocenters. The van der Waals surface area contributed by atoms with E-state index < -0.39 is 0 Å². The van der Waals surface area contributed by atoms with Crippen LogP contribution in [0.4, 0.5) is 4.39 Å². The van der Waals surface area contributed by atoms with Gasteiger partial charge in [0.1, 0.15) is 5.82 Å². The van der Waals surface area contributed by atoms with E-state index in [0.717, 1.165) is 16.3 Å². The molecule has 96 valence electrons. The third-order valence-electron chi connectivity index (χ3n) is 2.63. The fraction of sp³-hybridized carbons (Fsp3) is 0.308. The van der Waals surface area contributed by atoms with Crippen molar-refractivity contribution in [3.63, 3.8) is 0 Å². The van der Waals surface area contributed by atoms with Gasteiger partial charge in [-0.25, -0.2) is 9.37 Å². The fourth-order valence-corrected chi connectivity index (χ4v) is 2.65. The Balaban J connectivity index is 2.02. The van der Waals surface area contributed by atoms with Crippen LogP contribution in [0.3, 0.4) is 0 Å². The molecule has 2 nitrogen and oxygen atoms in total. The first-order valence-corrected chi connectivity index (χ1v) is 6.91. The Morgan fingerprint density at radius 2 is 2.22 bits per heavy atom. The molecule has 0 spiro atoms. The van der Waals surface area contributed by atoms with Gasteiger partial charge in [-0.05, 0) is 37.1 Å². The maximum Gasteiger partial charge on any atom is 0.123 e. The number of rotatable bonds is 4. The van der Waals surface area contributed by atoms with Crippen molar-refractivity contribution < 1.29 is 4.39 Å². The molecule has 1 aromatic carbocycles. The van der Waals surface area contributed by atoms with Crippen molar-refractivity contribution in [2.24, 2.45) is 5.73 Å². The van der Waals surface area contributed by atoms with Gasteiger partial charge in [0.2, 0.25) is 0 Å². The van der Waals surface area contributed by atoms with Crippen LogP contribution in [0.2, 0.25) is 5.02 Å². The number of hydrogen-bond donors (Lipinski definition) is 1. The molecule has 1 aromatic heterocycles. The fourth-order valence-electron chi connectivity index (χ4n) is 1.82. The third kappa shape index (κ3) is 3.51. The number of thiazole rings is 1. The summed E-state index contributed by atoms with van der Waals surface area (Å²) < 4.78 is 13.1. The van der Waals surface area contributed by atoms with Gasteiger partial charge in [0.25, 0.3) is 0 Å². The lowest BCUT2D eigenvalue weighted by Crippen LogP contribution is -2.25. The molecule has 2 aromatic rings. The van der Waals surface area contributed by atoms with Crippen LogP contribution in [0.1, 0.15) is 16.3 Å². The van der Waals surface area contributed by atoms with E-state index in [1.165, 1.54) is 12.1 Å². The zero-order chi connectivity index (χ0) is 13.1. The molecule has 0 saturated carbocycles. The molecule has 2 rings (SSSR count). The lowest BCUT2D eigenvalue weighted by atomic mass is 10.0. The van der Waals surface area contributed by atoms with Gasteiger partial charge in [-0.3, -0.25) is 0 Å². The second-order valence-electron chi connectivity index (χ2n) is 4.26. The summed E-state index contributed by atoms with van der Waals surface area (Å²) >= 11 is 7.62. The molecule has 1 heterocycles. The van der Waals surface area contributed by atoms with E-state index in [-0.39, 0.29) is 11.9 Å². The monoisotopic (exact) mass is 284 g/mol. The quantitative estimate of drug-likeness (QED) is 0.935. The first-order chi connectivity index (χ1) is 8.54. The van der Waals surface area contributed by atoms with Crippen LogP contribution in [0.15, 0.2) is 23.6 Å². The number of aryl methyl sites for hydroxylation is 1. The van der Waals surface area contributed by atoms with Crippen LogP contribution >= 0.6 is 22.9 Å². The summed E-state index contributed by atoms with van der Waals surface area (Å²) in [5, 5.41) is 3.59. The molecule has 2 N–H and O–H groups in total. The standard InChI is InChI=1S/C13H14ClFN2S/c1-8-17-12(7-18-8)6-11(16)5-9-4-10(15)2-3-13(9)14/h2-4,7,11H,5-6,16H2,1H3. The summed E-state index contributed by atoms with van der Waals surface area (Å²) in [6.07, 6.45) is 1.23. The molecule has 0 aliphatic heterocycles. The molecular formula is C13H14ClFN2S.